The van der Waals surface area contributed by atoms with Crippen LogP contribution in [0.1, 0.15) is 18.5 Å². The first-order chi connectivity index (χ1) is 17.4. The molecule has 4 aromatic rings. The predicted molar refractivity (Wildman–Crippen MR) is 135 cm³/mol. The minimum Gasteiger partial charge on any atom is -0.497 e. The van der Waals surface area contributed by atoms with E-state index in [9.17, 15) is 14.9 Å². The largest absolute Gasteiger partial charge is 0.497 e. The number of allylic oxidation sites excluding steroid dienone is 1. The van der Waals surface area contributed by atoms with Crippen molar-refractivity contribution >= 4 is 23.2 Å². The number of methoxy groups -OCH3 is 1. The number of benzene rings is 3. The average Bonchev–Trinajstić information content (AvgIpc) is 3.32. The summed E-state index contributed by atoms with van der Waals surface area (Å²) >= 11 is 0. The van der Waals surface area contributed by atoms with Crippen LogP contribution in [-0.4, -0.2) is 32.7 Å². The van der Waals surface area contributed by atoms with E-state index in [2.05, 4.69) is 15.6 Å². The zero-order valence-electron chi connectivity index (χ0n) is 19.5. The van der Waals surface area contributed by atoms with E-state index in [0.29, 0.717) is 40.0 Å². The number of amides is 1. The first kappa shape index (κ1) is 22.8. The Hall–Kier alpha value is -4.99. The highest BCUT2D eigenvalue weighted by Gasteiger charge is 2.35. The molecule has 10 nitrogen and oxygen atoms in total. The normalized spacial score (nSPS) is 14.6. The second-order valence-electron chi connectivity index (χ2n) is 8.17. The SMILES string of the molecule is COc1cccc(-c2nc3n(n2)C(c2cccc([N+](=O)[O-])c2)C(C(=O)Nc2ccccc2)=C(C)N3)c1. The molecule has 3 aromatic carbocycles. The van der Waals surface area contributed by atoms with Crippen LogP contribution in [0, 0.1) is 10.1 Å². The quantitative estimate of drug-likeness (QED) is 0.299. The minimum atomic E-state index is -0.753. The number of nitro benzene ring substituents is 1. The molecular weight excluding hydrogens is 460 g/mol. The van der Waals surface area contributed by atoms with E-state index in [1.54, 1.807) is 43.0 Å². The number of nitro groups is 1. The van der Waals surface area contributed by atoms with Crippen molar-refractivity contribution in [2.45, 2.75) is 13.0 Å². The molecule has 0 aliphatic carbocycles. The van der Waals surface area contributed by atoms with E-state index in [1.807, 2.05) is 42.5 Å². The van der Waals surface area contributed by atoms with Gasteiger partial charge in [0, 0.05) is 29.1 Å². The summed E-state index contributed by atoms with van der Waals surface area (Å²) in [5.74, 6) is 1.13. The maximum absolute atomic E-state index is 13.5. The molecule has 0 saturated carbocycles. The summed E-state index contributed by atoms with van der Waals surface area (Å²) in [6.07, 6.45) is 0. The average molecular weight is 483 g/mol. The molecule has 36 heavy (non-hydrogen) atoms. The maximum Gasteiger partial charge on any atom is 0.269 e. The van der Waals surface area contributed by atoms with Gasteiger partial charge in [0.05, 0.1) is 17.6 Å². The summed E-state index contributed by atoms with van der Waals surface area (Å²) < 4.78 is 6.91. The van der Waals surface area contributed by atoms with Gasteiger partial charge in [-0.25, -0.2) is 4.68 Å². The molecule has 1 aliphatic rings. The third-order valence-electron chi connectivity index (χ3n) is 5.85. The Bertz CT molecular complexity index is 1500. The van der Waals surface area contributed by atoms with E-state index in [1.165, 1.54) is 12.1 Å². The summed E-state index contributed by atoms with van der Waals surface area (Å²) in [6, 6.07) is 21.8. The zero-order valence-corrected chi connectivity index (χ0v) is 19.5. The van der Waals surface area contributed by atoms with E-state index in [4.69, 9.17) is 9.84 Å². The fourth-order valence-electron chi connectivity index (χ4n) is 4.17. The molecule has 0 fully saturated rings. The summed E-state index contributed by atoms with van der Waals surface area (Å²) in [7, 11) is 1.58. The second-order valence-corrected chi connectivity index (χ2v) is 8.17. The number of fused-ring (bicyclic) bond motifs is 1. The number of anilines is 2. The van der Waals surface area contributed by atoms with E-state index >= 15 is 0 Å². The second kappa shape index (κ2) is 9.34. The number of hydrogen-bond donors (Lipinski definition) is 2. The van der Waals surface area contributed by atoms with Gasteiger partial charge in [-0.1, -0.05) is 42.5 Å². The Kier molecular flexibility index (Phi) is 5.91. The van der Waals surface area contributed by atoms with Gasteiger partial charge < -0.3 is 15.4 Å². The van der Waals surface area contributed by atoms with Crippen LogP contribution in [-0.2, 0) is 4.79 Å². The molecule has 10 heteroatoms. The smallest absolute Gasteiger partial charge is 0.269 e. The molecule has 1 amide bonds. The van der Waals surface area contributed by atoms with Gasteiger partial charge in [-0.2, -0.15) is 4.98 Å². The van der Waals surface area contributed by atoms with Gasteiger partial charge in [0.25, 0.3) is 11.6 Å². The molecular formula is C26H22N6O4. The third-order valence-corrected chi connectivity index (χ3v) is 5.85. The van der Waals surface area contributed by atoms with Crippen molar-refractivity contribution in [3.8, 4) is 17.1 Å². The summed E-state index contributed by atoms with van der Waals surface area (Å²) in [5, 5.41) is 22.3. The number of nitrogens with one attached hydrogen (secondary N) is 2. The van der Waals surface area contributed by atoms with Crippen LogP contribution in [0.5, 0.6) is 5.75 Å². The summed E-state index contributed by atoms with van der Waals surface area (Å²) in [5.41, 5.74) is 2.74. The number of aromatic nitrogens is 3. The van der Waals surface area contributed by atoms with Crippen molar-refractivity contribution in [1.82, 2.24) is 14.8 Å². The van der Waals surface area contributed by atoms with Crippen LogP contribution in [0.25, 0.3) is 11.4 Å². The molecule has 1 aromatic heterocycles. The van der Waals surface area contributed by atoms with Crippen molar-refractivity contribution in [2.24, 2.45) is 0 Å². The van der Waals surface area contributed by atoms with Crippen molar-refractivity contribution in [2.75, 3.05) is 17.7 Å². The number of carbonyl (C=O) groups is 1. The van der Waals surface area contributed by atoms with Gasteiger partial charge in [-0.15, -0.1) is 5.10 Å². The number of ether oxygens (including phenoxy) is 1. The third kappa shape index (κ3) is 4.27. The molecule has 1 aliphatic heterocycles. The zero-order chi connectivity index (χ0) is 25.2. The Morgan fingerprint density at radius 3 is 2.61 bits per heavy atom. The van der Waals surface area contributed by atoms with Crippen molar-refractivity contribution in [1.29, 1.82) is 0 Å². The lowest BCUT2D eigenvalue weighted by Gasteiger charge is -2.28. The molecule has 0 radical (unpaired) electrons. The van der Waals surface area contributed by atoms with Gasteiger partial charge in [-0.3, -0.25) is 14.9 Å². The summed E-state index contributed by atoms with van der Waals surface area (Å²) in [4.78, 5) is 29.2. The van der Waals surface area contributed by atoms with Crippen LogP contribution in [0.4, 0.5) is 17.3 Å². The van der Waals surface area contributed by atoms with Crippen LogP contribution < -0.4 is 15.4 Å². The Balaban J connectivity index is 1.63. The lowest BCUT2D eigenvalue weighted by molar-refractivity contribution is -0.384. The number of rotatable bonds is 6. The van der Waals surface area contributed by atoms with Gasteiger partial charge in [0.15, 0.2) is 5.82 Å². The molecule has 5 rings (SSSR count). The van der Waals surface area contributed by atoms with E-state index < -0.39 is 11.0 Å². The number of para-hydroxylation sites is 1. The fraction of sp³-hybridized carbons (Fsp3) is 0.115. The lowest BCUT2D eigenvalue weighted by atomic mass is 9.94. The molecule has 0 saturated heterocycles. The number of carbonyl (C=O) groups excluding carboxylic acids is 1. The van der Waals surface area contributed by atoms with Gasteiger partial charge >= 0.3 is 0 Å². The molecule has 1 atom stereocenters. The standard InChI is InChI=1S/C26H22N6O4/c1-16-22(25(33)28-19-10-4-3-5-11-19)23(17-8-6-12-20(14-17)32(34)35)31-26(27-16)29-24(30-31)18-9-7-13-21(15-18)36-2/h3-15,23H,1-2H3,(H,28,33)(H,27,29,30). The van der Waals surface area contributed by atoms with Crippen LogP contribution in [0.15, 0.2) is 90.1 Å². The van der Waals surface area contributed by atoms with Crippen LogP contribution >= 0.6 is 0 Å². The maximum atomic E-state index is 13.5. The number of hydrogen-bond acceptors (Lipinski definition) is 7. The molecule has 2 heterocycles. The topological polar surface area (TPSA) is 124 Å². The van der Waals surface area contributed by atoms with Crippen LogP contribution in [0.3, 0.4) is 0 Å². The molecule has 180 valence electrons. The van der Waals surface area contributed by atoms with Gasteiger partial charge in [0.1, 0.15) is 11.8 Å². The van der Waals surface area contributed by atoms with Crippen molar-refractivity contribution in [3.05, 3.63) is 106 Å². The lowest BCUT2D eigenvalue weighted by Crippen LogP contribution is -2.31. The molecule has 2 N–H and O–H groups in total. The van der Waals surface area contributed by atoms with Crippen LogP contribution in [0.2, 0.25) is 0 Å². The molecule has 0 bridgehead atoms. The Morgan fingerprint density at radius 2 is 1.86 bits per heavy atom. The van der Waals surface area contributed by atoms with Crippen molar-refractivity contribution in [3.63, 3.8) is 0 Å². The van der Waals surface area contributed by atoms with E-state index in [0.717, 1.165) is 5.56 Å². The highest BCUT2D eigenvalue weighted by atomic mass is 16.6. The monoisotopic (exact) mass is 482 g/mol. The Labute approximate surface area is 206 Å². The minimum absolute atomic E-state index is 0.0822. The van der Waals surface area contributed by atoms with Crippen molar-refractivity contribution < 1.29 is 14.5 Å². The first-order valence-corrected chi connectivity index (χ1v) is 11.1. The first-order valence-electron chi connectivity index (χ1n) is 11.1. The number of nitrogens with zero attached hydrogens (tertiary/aromatic N) is 4. The Morgan fingerprint density at radius 1 is 1.08 bits per heavy atom. The van der Waals surface area contributed by atoms with Gasteiger partial charge in [-0.05, 0) is 36.8 Å². The van der Waals surface area contributed by atoms with Gasteiger partial charge in [0.2, 0.25) is 5.95 Å². The summed E-state index contributed by atoms with van der Waals surface area (Å²) in [6.45, 7) is 1.77. The molecule has 1 unspecified atom stereocenters. The van der Waals surface area contributed by atoms with E-state index in [-0.39, 0.29) is 11.6 Å². The highest BCUT2D eigenvalue weighted by Crippen LogP contribution is 2.38. The predicted octanol–water partition coefficient (Wildman–Crippen LogP) is 4.79. The fourth-order valence-corrected chi connectivity index (χ4v) is 4.17. The molecule has 0 spiro atoms. The number of non-ortho nitro benzene ring substituents is 1. The highest BCUT2D eigenvalue weighted by molar-refractivity contribution is 6.06.